The SMILES string of the molecule is CC(=O)[C@@H]1CCN[C@H]1c1ccccc1. The zero-order chi connectivity index (χ0) is 9.97. The van der Waals surface area contributed by atoms with Crippen molar-refractivity contribution in [2.24, 2.45) is 5.92 Å². The predicted molar refractivity (Wildman–Crippen MR) is 56.0 cm³/mol. The van der Waals surface area contributed by atoms with Gasteiger partial charge in [-0.15, -0.1) is 0 Å². The number of carbonyl (C=O) groups excluding carboxylic acids is 1. The van der Waals surface area contributed by atoms with Gasteiger partial charge in [-0.2, -0.15) is 0 Å². The van der Waals surface area contributed by atoms with E-state index in [9.17, 15) is 4.79 Å². The number of ketones is 1. The van der Waals surface area contributed by atoms with E-state index in [2.05, 4.69) is 17.4 Å². The molecule has 0 unspecified atom stereocenters. The first-order valence-corrected chi connectivity index (χ1v) is 5.08. The highest BCUT2D eigenvalue weighted by Crippen LogP contribution is 2.29. The average Bonchev–Trinajstić information content (AvgIpc) is 2.67. The van der Waals surface area contributed by atoms with E-state index in [0.717, 1.165) is 13.0 Å². The highest BCUT2D eigenvalue weighted by atomic mass is 16.1. The molecule has 0 amide bonds. The van der Waals surface area contributed by atoms with E-state index in [1.165, 1.54) is 5.56 Å². The van der Waals surface area contributed by atoms with Gasteiger partial charge in [-0.25, -0.2) is 0 Å². The van der Waals surface area contributed by atoms with Crippen LogP contribution in [-0.2, 0) is 4.79 Å². The molecule has 74 valence electrons. The molecular weight excluding hydrogens is 174 g/mol. The third-order valence-electron chi connectivity index (χ3n) is 2.90. The second kappa shape index (κ2) is 3.93. The predicted octanol–water partition coefficient (Wildman–Crippen LogP) is 1.93. The zero-order valence-corrected chi connectivity index (χ0v) is 8.36. The lowest BCUT2D eigenvalue weighted by molar-refractivity contribution is -0.121. The first-order chi connectivity index (χ1) is 6.79. The summed E-state index contributed by atoms with van der Waals surface area (Å²) in [6.07, 6.45) is 0.967. The topological polar surface area (TPSA) is 29.1 Å². The largest absolute Gasteiger partial charge is 0.309 e. The molecule has 0 aromatic heterocycles. The summed E-state index contributed by atoms with van der Waals surface area (Å²) < 4.78 is 0. The lowest BCUT2D eigenvalue weighted by Crippen LogP contribution is -2.21. The summed E-state index contributed by atoms with van der Waals surface area (Å²) in [6, 6.07) is 10.4. The fourth-order valence-corrected chi connectivity index (χ4v) is 2.15. The molecular formula is C12H15NO. The van der Waals surface area contributed by atoms with E-state index in [1.807, 2.05) is 18.2 Å². The number of hydrogen-bond acceptors (Lipinski definition) is 2. The van der Waals surface area contributed by atoms with Gasteiger partial charge in [-0.3, -0.25) is 4.79 Å². The smallest absolute Gasteiger partial charge is 0.134 e. The minimum absolute atomic E-state index is 0.164. The van der Waals surface area contributed by atoms with Crippen LogP contribution in [0.25, 0.3) is 0 Å². The van der Waals surface area contributed by atoms with Gasteiger partial charge in [-0.1, -0.05) is 30.3 Å². The van der Waals surface area contributed by atoms with Crippen molar-refractivity contribution < 1.29 is 4.79 Å². The first kappa shape index (κ1) is 9.41. The quantitative estimate of drug-likeness (QED) is 0.770. The first-order valence-electron chi connectivity index (χ1n) is 5.08. The van der Waals surface area contributed by atoms with Gasteiger partial charge in [0.1, 0.15) is 5.78 Å². The molecule has 1 N–H and O–H groups in total. The summed E-state index contributed by atoms with van der Waals surface area (Å²) in [5.41, 5.74) is 1.23. The summed E-state index contributed by atoms with van der Waals surface area (Å²) in [7, 11) is 0. The van der Waals surface area contributed by atoms with E-state index in [1.54, 1.807) is 6.92 Å². The molecule has 2 nitrogen and oxygen atoms in total. The average molecular weight is 189 g/mol. The van der Waals surface area contributed by atoms with E-state index in [-0.39, 0.29) is 12.0 Å². The number of Topliss-reactive ketones (excluding diaryl/α,β-unsaturated/α-hetero) is 1. The molecule has 1 aliphatic rings. The molecule has 1 heterocycles. The maximum absolute atomic E-state index is 11.4. The van der Waals surface area contributed by atoms with Gasteiger partial charge in [0, 0.05) is 12.0 Å². The van der Waals surface area contributed by atoms with Crippen LogP contribution in [0, 0.1) is 5.92 Å². The Kier molecular flexibility index (Phi) is 2.64. The van der Waals surface area contributed by atoms with Crippen LogP contribution in [-0.4, -0.2) is 12.3 Å². The third-order valence-corrected chi connectivity index (χ3v) is 2.90. The van der Waals surface area contributed by atoms with Gasteiger partial charge in [-0.05, 0) is 25.5 Å². The Morgan fingerprint density at radius 2 is 2.07 bits per heavy atom. The highest BCUT2D eigenvalue weighted by Gasteiger charge is 2.30. The molecule has 2 heteroatoms. The Morgan fingerprint density at radius 3 is 2.71 bits per heavy atom. The van der Waals surface area contributed by atoms with Crippen molar-refractivity contribution in [3.8, 4) is 0 Å². The summed E-state index contributed by atoms with van der Waals surface area (Å²) in [5, 5.41) is 3.38. The zero-order valence-electron chi connectivity index (χ0n) is 8.36. The van der Waals surface area contributed by atoms with Crippen molar-refractivity contribution in [2.75, 3.05) is 6.54 Å². The summed E-state index contributed by atoms with van der Waals surface area (Å²) >= 11 is 0. The second-order valence-electron chi connectivity index (χ2n) is 3.85. The minimum Gasteiger partial charge on any atom is -0.309 e. The van der Waals surface area contributed by atoms with Crippen LogP contribution in [0.15, 0.2) is 30.3 Å². The number of nitrogens with one attached hydrogen (secondary N) is 1. The van der Waals surface area contributed by atoms with E-state index in [4.69, 9.17) is 0 Å². The minimum atomic E-state index is 0.164. The van der Waals surface area contributed by atoms with Crippen molar-refractivity contribution in [2.45, 2.75) is 19.4 Å². The van der Waals surface area contributed by atoms with Crippen molar-refractivity contribution in [3.63, 3.8) is 0 Å². The molecule has 2 rings (SSSR count). The Balaban J connectivity index is 2.22. The molecule has 1 aromatic carbocycles. The third kappa shape index (κ3) is 1.70. The summed E-state index contributed by atoms with van der Waals surface area (Å²) in [4.78, 5) is 11.4. The van der Waals surface area contributed by atoms with Crippen LogP contribution in [0.4, 0.5) is 0 Å². The normalized spacial score (nSPS) is 26.4. The van der Waals surface area contributed by atoms with Gasteiger partial charge in [0.15, 0.2) is 0 Å². The van der Waals surface area contributed by atoms with Gasteiger partial charge >= 0.3 is 0 Å². The molecule has 0 bridgehead atoms. The van der Waals surface area contributed by atoms with Crippen LogP contribution < -0.4 is 5.32 Å². The van der Waals surface area contributed by atoms with Gasteiger partial charge in [0.25, 0.3) is 0 Å². The van der Waals surface area contributed by atoms with E-state index in [0.29, 0.717) is 5.78 Å². The van der Waals surface area contributed by atoms with Crippen LogP contribution >= 0.6 is 0 Å². The van der Waals surface area contributed by atoms with Crippen molar-refractivity contribution in [1.82, 2.24) is 5.32 Å². The molecule has 1 aromatic rings. The number of rotatable bonds is 2. The fourth-order valence-electron chi connectivity index (χ4n) is 2.15. The lowest BCUT2D eigenvalue weighted by atomic mass is 9.91. The van der Waals surface area contributed by atoms with Crippen molar-refractivity contribution in [1.29, 1.82) is 0 Å². The molecule has 2 atom stereocenters. The molecule has 1 fully saturated rings. The number of hydrogen-bond donors (Lipinski definition) is 1. The Hall–Kier alpha value is -1.15. The fraction of sp³-hybridized carbons (Fsp3) is 0.417. The Bertz CT molecular complexity index is 320. The summed E-state index contributed by atoms with van der Waals surface area (Å²) in [5.74, 6) is 0.459. The van der Waals surface area contributed by atoms with Crippen LogP contribution in [0.3, 0.4) is 0 Å². The van der Waals surface area contributed by atoms with Gasteiger partial charge < -0.3 is 5.32 Å². The standard InChI is InChI=1S/C12H15NO/c1-9(14)11-7-8-13-12(11)10-5-3-2-4-6-10/h2-6,11-13H,7-8H2,1H3/t11-,12-/m0/s1. The molecule has 1 saturated heterocycles. The molecule has 0 spiro atoms. The number of benzene rings is 1. The Morgan fingerprint density at radius 1 is 1.36 bits per heavy atom. The molecule has 0 aliphatic carbocycles. The van der Waals surface area contributed by atoms with E-state index < -0.39 is 0 Å². The summed E-state index contributed by atoms with van der Waals surface area (Å²) in [6.45, 7) is 2.64. The number of carbonyl (C=O) groups is 1. The van der Waals surface area contributed by atoms with E-state index >= 15 is 0 Å². The van der Waals surface area contributed by atoms with Gasteiger partial charge in [0.05, 0.1) is 0 Å². The van der Waals surface area contributed by atoms with Crippen LogP contribution in [0.5, 0.6) is 0 Å². The molecule has 0 radical (unpaired) electrons. The molecule has 1 aliphatic heterocycles. The monoisotopic (exact) mass is 189 g/mol. The lowest BCUT2D eigenvalue weighted by Gasteiger charge is -2.17. The van der Waals surface area contributed by atoms with Gasteiger partial charge in [0.2, 0.25) is 0 Å². The molecule has 14 heavy (non-hydrogen) atoms. The van der Waals surface area contributed by atoms with Crippen molar-refractivity contribution in [3.05, 3.63) is 35.9 Å². The van der Waals surface area contributed by atoms with Crippen LogP contribution in [0.2, 0.25) is 0 Å². The molecule has 0 saturated carbocycles. The Labute approximate surface area is 84.3 Å². The second-order valence-corrected chi connectivity index (χ2v) is 3.85. The van der Waals surface area contributed by atoms with Crippen LogP contribution in [0.1, 0.15) is 24.9 Å². The van der Waals surface area contributed by atoms with Crippen molar-refractivity contribution >= 4 is 5.78 Å². The maximum atomic E-state index is 11.4. The highest BCUT2D eigenvalue weighted by molar-refractivity contribution is 5.79. The maximum Gasteiger partial charge on any atom is 0.134 e.